The van der Waals surface area contributed by atoms with Gasteiger partial charge in [-0.05, 0) is 48.2 Å². The Kier molecular flexibility index (Phi) is 5.74. The summed E-state index contributed by atoms with van der Waals surface area (Å²) in [4.78, 5) is 12.1. The van der Waals surface area contributed by atoms with Crippen molar-refractivity contribution in [2.75, 3.05) is 6.61 Å². The van der Waals surface area contributed by atoms with Gasteiger partial charge in [-0.25, -0.2) is 4.79 Å². The van der Waals surface area contributed by atoms with E-state index < -0.39 is 6.10 Å². The third kappa shape index (κ3) is 4.23. The highest BCUT2D eigenvalue weighted by Gasteiger charge is 2.15. The van der Waals surface area contributed by atoms with Crippen LogP contribution in [0.25, 0.3) is 11.0 Å². The molecule has 1 aliphatic rings. The first-order valence-electron chi connectivity index (χ1n) is 10.3. The number of nitrogens with one attached hydrogen (secondary N) is 1. The van der Waals surface area contributed by atoms with Gasteiger partial charge in [-0.2, -0.15) is 0 Å². The number of hydrogen-bond acceptors (Lipinski definition) is 4. The number of aromatic nitrogens is 2. The monoisotopic (exact) mass is 395 g/mol. The molecule has 0 saturated heterocycles. The van der Waals surface area contributed by atoms with Crippen LogP contribution < -0.4 is 15.7 Å². The molecule has 154 valence electrons. The lowest BCUT2D eigenvalue weighted by Crippen LogP contribution is -2.25. The van der Waals surface area contributed by atoms with Gasteiger partial charge >= 0.3 is 5.69 Å². The van der Waals surface area contributed by atoms with Crippen LogP contribution in [0.1, 0.15) is 42.9 Å². The number of aliphatic hydroxyl groups is 1. The molecule has 1 heterocycles. The molecule has 1 aliphatic carbocycles. The van der Waals surface area contributed by atoms with Gasteiger partial charge in [0, 0.05) is 26.7 Å². The summed E-state index contributed by atoms with van der Waals surface area (Å²) in [5.74, 6) is 0.738. The molecule has 2 aromatic carbocycles. The molecule has 0 bridgehead atoms. The quantitative estimate of drug-likeness (QED) is 0.645. The Morgan fingerprint density at radius 1 is 1.07 bits per heavy atom. The molecule has 1 unspecified atom stereocenters. The molecule has 1 fully saturated rings. The van der Waals surface area contributed by atoms with Crippen LogP contribution in [0, 0.1) is 0 Å². The Morgan fingerprint density at radius 2 is 1.76 bits per heavy atom. The fraction of sp³-hybridized carbons (Fsp3) is 0.435. The SMILES string of the molecule is Cn1c(=O)n(C)c2cc(C(O)COc3ccc(CNC4CCCC4)cc3)ccc21. The molecule has 29 heavy (non-hydrogen) atoms. The van der Waals surface area contributed by atoms with Gasteiger partial charge in [0.15, 0.2) is 0 Å². The van der Waals surface area contributed by atoms with E-state index in [1.807, 2.05) is 30.3 Å². The maximum Gasteiger partial charge on any atom is 0.328 e. The average molecular weight is 396 g/mol. The number of rotatable bonds is 7. The first-order valence-corrected chi connectivity index (χ1v) is 10.3. The van der Waals surface area contributed by atoms with Crippen LogP contribution in [-0.2, 0) is 20.6 Å². The van der Waals surface area contributed by atoms with E-state index in [0.29, 0.717) is 6.04 Å². The summed E-state index contributed by atoms with van der Waals surface area (Å²) >= 11 is 0. The number of fused-ring (bicyclic) bond motifs is 1. The first-order chi connectivity index (χ1) is 14.0. The molecule has 0 aliphatic heterocycles. The van der Waals surface area contributed by atoms with Gasteiger partial charge in [0.25, 0.3) is 0 Å². The van der Waals surface area contributed by atoms with E-state index in [-0.39, 0.29) is 12.3 Å². The zero-order chi connectivity index (χ0) is 20.4. The minimum absolute atomic E-state index is 0.0783. The topological polar surface area (TPSA) is 68.4 Å². The third-order valence-electron chi connectivity index (χ3n) is 5.96. The van der Waals surface area contributed by atoms with Crippen LogP contribution in [0.15, 0.2) is 47.3 Å². The maximum atomic E-state index is 12.1. The van der Waals surface area contributed by atoms with Crippen molar-refractivity contribution in [1.82, 2.24) is 14.5 Å². The number of nitrogens with zero attached hydrogens (tertiary/aromatic N) is 2. The Hall–Kier alpha value is -2.57. The van der Waals surface area contributed by atoms with Crippen LogP contribution in [0.2, 0.25) is 0 Å². The number of aryl methyl sites for hydroxylation is 2. The number of imidazole rings is 1. The van der Waals surface area contributed by atoms with Gasteiger partial charge in [-0.15, -0.1) is 0 Å². The van der Waals surface area contributed by atoms with E-state index >= 15 is 0 Å². The predicted octanol–water partition coefficient (Wildman–Crippen LogP) is 3.02. The number of hydrogen-bond donors (Lipinski definition) is 2. The van der Waals surface area contributed by atoms with Crippen molar-refractivity contribution in [3.05, 3.63) is 64.1 Å². The maximum absolute atomic E-state index is 12.1. The highest BCUT2D eigenvalue weighted by atomic mass is 16.5. The normalized spacial score (nSPS) is 15.8. The number of aliphatic hydroxyl groups excluding tert-OH is 1. The van der Waals surface area contributed by atoms with Gasteiger partial charge in [0.2, 0.25) is 0 Å². The van der Waals surface area contributed by atoms with E-state index in [0.717, 1.165) is 28.9 Å². The second-order valence-corrected chi connectivity index (χ2v) is 7.98. The molecular formula is C23H29N3O3. The molecule has 0 radical (unpaired) electrons. The summed E-state index contributed by atoms with van der Waals surface area (Å²) in [6.07, 6.45) is 4.46. The van der Waals surface area contributed by atoms with Crippen molar-refractivity contribution in [3.63, 3.8) is 0 Å². The summed E-state index contributed by atoms with van der Waals surface area (Å²) in [5.41, 5.74) is 3.53. The number of benzene rings is 2. The van der Waals surface area contributed by atoms with E-state index in [1.54, 1.807) is 23.2 Å². The predicted molar refractivity (Wildman–Crippen MR) is 114 cm³/mol. The van der Waals surface area contributed by atoms with Gasteiger partial charge < -0.3 is 15.2 Å². The zero-order valence-electron chi connectivity index (χ0n) is 17.1. The fourth-order valence-electron chi connectivity index (χ4n) is 4.10. The van der Waals surface area contributed by atoms with E-state index in [9.17, 15) is 9.90 Å². The molecule has 0 amide bonds. The third-order valence-corrected chi connectivity index (χ3v) is 5.96. The highest BCUT2D eigenvalue weighted by molar-refractivity contribution is 5.76. The Bertz CT molecular complexity index is 1030. The van der Waals surface area contributed by atoms with E-state index in [2.05, 4.69) is 17.4 Å². The number of ether oxygens (including phenoxy) is 1. The molecule has 3 aromatic rings. The zero-order valence-corrected chi connectivity index (χ0v) is 17.1. The molecule has 6 heteroatoms. The highest BCUT2D eigenvalue weighted by Crippen LogP contribution is 2.22. The van der Waals surface area contributed by atoms with Crippen molar-refractivity contribution in [2.45, 2.75) is 44.4 Å². The lowest BCUT2D eigenvalue weighted by atomic mass is 10.1. The average Bonchev–Trinajstić information content (AvgIpc) is 3.34. The van der Waals surface area contributed by atoms with E-state index in [4.69, 9.17) is 4.74 Å². The van der Waals surface area contributed by atoms with Crippen LogP contribution in [0.3, 0.4) is 0 Å². The van der Waals surface area contributed by atoms with Gasteiger partial charge in [-0.1, -0.05) is 31.0 Å². The molecular weight excluding hydrogens is 366 g/mol. The van der Waals surface area contributed by atoms with Crippen LogP contribution in [0.4, 0.5) is 0 Å². The second-order valence-electron chi connectivity index (χ2n) is 7.98. The van der Waals surface area contributed by atoms with Gasteiger partial charge in [0.1, 0.15) is 18.5 Å². The fourth-order valence-corrected chi connectivity index (χ4v) is 4.10. The van der Waals surface area contributed by atoms with Crippen molar-refractivity contribution < 1.29 is 9.84 Å². The minimum Gasteiger partial charge on any atom is -0.491 e. The van der Waals surface area contributed by atoms with Gasteiger partial charge in [0.05, 0.1) is 11.0 Å². The summed E-state index contributed by atoms with van der Waals surface area (Å²) in [7, 11) is 3.48. The first kappa shape index (κ1) is 19.7. The molecule has 1 saturated carbocycles. The molecule has 1 aromatic heterocycles. The van der Waals surface area contributed by atoms with Crippen molar-refractivity contribution >= 4 is 11.0 Å². The standard InChI is InChI=1S/C23H29N3O3/c1-25-20-12-9-17(13-21(20)26(2)23(25)28)22(27)15-29-19-10-7-16(8-11-19)14-24-18-5-3-4-6-18/h7-13,18,22,24,27H,3-6,14-15H2,1-2H3. The van der Waals surface area contributed by atoms with Crippen molar-refractivity contribution in [1.29, 1.82) is 0 Å². The summed E-state index contributed by atoms with van der Waals surface area (Å²) in [6, 6.07) is 14.2. The largest absolute Gasteiger partial charge is 0.491 e. The van der Waals surface area contributed by atoms with Crippen LogP contribution in [-0.4, -0.2) is 26.9 Å². The van der Waals surface area contributed by atoms with Gasteiger partial charge in [-0.3, -0.25) is 9.13 Å². The van der Waals surface area contributed by atoms with Crippen molar-refractivity contribution in [3.8, 4) is 5.75 Å². The Labute approximate surface area is 170 Å². The Balaban J connectivity index is 1.35. The minimum atomic E-state index is -0.765. The van der Waals surface area contributed by atoms with Crippen LogP contribution in [0.5, 0.6) is 5.75 Å². The lowest BCUT2D eigenvalue weighted by molar-refractivity contribution is 0.108. The molecule has 4 rings (SSSR count). The summed E-state index contributed by atoms with van der Waals surface area (Å²) < 4.78 is 8.97. The van der Waals surface area contributed by atoms with Crippen LogP contribution >= 0.6 is 0 Å². The smallest absolute Gasteiger partial charge is 0.328 e. The Morgan fingerprint density at radius 3 is 2.48 bits per heavy atom. The molecule has 6 nitrogen and oxygen atoms in total. The molecule has 1 atom stereocenters. The molecule has 0 spiro atoms. The van der Waals surface area contributed by atoms with Crippen molar-refractivity contribution in [2.24, 2.45) is 14.1 Å². The van der Waals surface area contributed by atoms with E-state index in [1.165, 1.54) is 31.2 Å². The summed E-state index contributed by atoms with van der Waals surface area (Å²) in [6.45, 7) is 1.04. The summed E-state index contributed by atoms with van der Waals surface area (Å²) in [5, 5.41) is 14.1. The molecule has 2 N–H and O–H groups in total. The second kappa shape index (κ2) is 8.43. The lowest BCUT2D eigenvalue weighted by Gasteiger charge is -2.14.